The number of anilines is 2. The highest BCUT2D eigenvalue weighted by molar-refractivity contribution is 6.33. The van der Waals surface area contributed by atoms with Crippen molar-refractivity contribution in [1.82, 2.24) is 4.98 Å². The number of carboxylic acid groups (broad SMARTS) is 1. The molecule has 0 aliphatic heterocycles. The first-order valence-electron chi connectivity index (χ1n) is 7.90. The van der Waals surface area contributed by atoms with Gasteiger partial charge in [-0.15, -0.1) is 0 Å². The summed E-state index contributed by atoms with van der Waals surface area (Å²) in [6.45, 7) is 0. The van der Waals surface area contributed by atoms with E-state index in [4.69, 9.17) is 28.3 Å². The van der Waals surface area contributed by atoms with Crippen molar-refractivity contribution >= 4 is 46.3 Å². The van der Waals surface area contributed by atoms with E-state index in [1.54, 1.807) is 36.4 Å². The topological polar surface area (TPSA) is 70.5 Å². The van der Waals surface area contributed by atoms with Gasteiger partial charge in [0.05, 0.1) is 5.02 Å². The molecule has 1 heterocycles. The summed E-state index contributed by atoms with van der Waals surface area (Å²) in [7, 11) is 1.90. The van der Waals surface area contributed by atoms with Crippen LogP contribution >= 0.6 is 23.2 Å². The lowest BCUT2D eigenvalue weighted by Gasteiger charge is -2.19. The van der Waals surface area contributed by atoms with Gasteiger partial charge in [0.15, 0.2) is 5.69 Å². The Morgan fingerprint density at radius 2 is 1.44 bits per heavy atom. The third-order valence-corrected chi connectivity index (χ3v) is 4.57. The molecule has 0 aliphatic rings. The van der Waals surface area contributed by atoms with Crippen LogP contribution in [0.1, 0.15) is 26.5 Å². The third kappa shape index (κ3) is 4.10. The summed E-state index contributed by atoms with van der Waals surface area (Å²) >= 11 is 11.7. The number of carbonyl (C=O) groups excluding carboxylic acids is 1. The molecule has 27 heavy (non-hydrogen) atoms. The summed E-state index contributed by atoms with van der Waals surface area (Å²) in [5.74, 6) is -1.66. The molecule has 0 amide bonds. The molecule has 1 N–H and O–H groups in total. The normalized spacial score (nSPS) is 10.5. The van der Waals surface area contributed by atoms with Crippen LogP contribution in [0.15, 0.2) is 60.7 Å². The Balaban J connectivity index is 1.84. The van der Waals surface area contributed by atoms with Gasteiger partial charge in [0, 0.05) is 29.0 Å². The van der Waals surface area contributed by atoms with Crippen LogP contribution in [0, 0.1) is 0 Å². The number of pyridine rings is 1. The molecule has 0 saturated carbocycles. The standard InChI is InChI=1S/C20H14Cl2N2O3/c1-24(15-8-4-13(21)5-9-15)14-6-2-12(3-7-14)19(25)17-11-10-16(22)18(23-17)20(26)27/h2-11H,1H3,(H,26,27). The average molecular weight is 401 g/mol. The number of aromatic nitrogens is 1. The van der Waals surface area contributed by atoms with Crippen molar-refractivity contribution in [2.45, 2.75) is 0 Å². The van der Waals surface area contributed by atoms with Gasteiger partial charge in [0.25, 0.3) is 0 Å². The number of halogens is 2. The van der Waals surface area contributed by atoms with E-state index in [2.05, 4.69) is 4.98 Å². The van der Waals surface area contributed by atoms with Crippen LogP contribution in [0.3, 0.4) is 0 Å². The Hall–Kier alpha value is -2.89. The minimum atomic E-state index is -1.28. The van der Waals surface area contributed by atoms with Crippen LogP contribution in [-0.2, 0) is 0 Å². The summed E-state index contributed by atoms with van der Waals surface area (Å²) in [4.78, 5) is 29.5. The number of hydrogen-bond acceptors (Lipinski definition) is 4. The molecule has 2 aromatic carbocycles. The van der Waals surface area contributed by atoms with Crippen LogP contribution in [-0.4, -0.2) is 28.9 Å². The second-order valence-corrected chi connectivity index (χ2v) is 6.59. The predicted octanol–water partition coefficient (Wildman–Crippen LogP) is 5.09. The quantitative estimate of drug-likeness (QED) is 0.604. The van der Waals surface area contributed by atoms with E-state index in [-0.39, 0.29) is 22.2 Å². The molecule has 0 radical (unpaired) electrons. The molecule has 0 aliphatic carbocycles. The number of carbonyl (C=O) groups is 2. The molecular weight excluding hydrogens is 387 g/mol. The fourth-order valence-corrected chi connectivity index (χ4v) is 2.83. The van der Waals surface area contributed by atoms with Crippen LogP contribution in [0.5, 0.6) is 0 Å². The average Bonchev–Trinajstić information content (AvgIpc) is 2.68. The zero-order valence-corrected chi connectivity index (χ0v) is 15.7. The molecule has 1 aromatic heterocycles. The van der Waals surface area contributed by atoms with Crippen LogP contribution in [0.25, 0.3) is 0 Å². The summed E-state index contributed by atoms with van der Waals surface area (Å²) in [5.41, 5.74) is 1.90. The molecular formula is C20H14Cl2N2O3. The van der Waals surface area contributed by atoms with E-state index in [1.807, 2.05) is 24.1 Å². The Kier molecular flexibility index (Phi) is 5.44. The van der Waals surface area contributed by atoms with E-state index in [0.29, 0.717) is 10.6 Å². The first-order chi connectivity index (χ1) is 12.9. The van der Waals surface area contributed by atoms with Gasteiger partial charge in [0.1, 0.15) is 5.69 Å². The van der Waals surface area contributed by atoms with Gasteiger partial charge in [-0.1, -0.05) is 23.2 Å². The molecule has 0 bridgehead atoms. The Labute approximate surface area is 165 Å². The minimum Gasteiger partial charge on any atom is -0.476 e. The highest BCUT2D eigenvalue weighted by atomic mass is 35.5. The number of benzene rings is 2. The highest BCUT2D eigenvalue weighted by Crippen LogP contribution is 2.25. The lowest BCUT2D eigenvalue weighted by atomic mass is 10.1. The van der Waals surface area contributed by atoms with Crippen LogP contribution in [0.4, 0.5) is 11.4 Å². The molecule has 3 aromatic rings. The molecule has 3 rings (SSSR count). The summed E-state index contributed by atoms with van der Waals surface area (Å²) in [6.07, 6.45) is 0. The van der Waals surface area contributed by atoms with Gasteiger partial charge >= 0.3 is 5.97 Å². The van der Waals surface area contributed by atoms with Gasteiger partial charge in [0.2, 0.25) is 5.78 Å². The predicted molar refractivity (Wildman–Crippen MR) is 106 cm³/mol. The van der Waals surface area contributed by atoms with Crippen molar-refractivity contribution in [1.29, 1.82) is 0 Å². The van der Waals surface area contributed by atoms with Crippen molar-refractivity contribution in [3.63, 3.8) is 0 Å². The number of rotatable bonds is 5. The molecule has 5 nitrogen and oxygen atoms in total. The van der Waals surface area contributed by atoms with E-state index >= 15 is 0 Å². The second-order valence-electron chi connectivity index (χ2n) is 5.74. The maximum atomic E-state index is 12.6. The molecule has 7 heteroatoms. The number of aromatic carboxylic acids is 1. The van der Waals surface area contributed by atoms with Gasteiger partial charge in [-0.3, -0.25) is 4.79 Å². The Morgan fingerprint density at radius 1 is 0.889 bits per heavy atom. The summed E-state index contributed by atoms with van der Waals surface area (Å²) < 4.78 is 0. The van der Waals surface area contributed by atoms with Crippen molar-refractivity contribution in [3.8, 4) is 0 Å². The fraction of sp³-hybridized carbons (Fsp3) is 0.0500. The van der Waals surface area contributed by atoms with Gasteiger partial charge in [-0.05, 0) is 60.7 Å². The Morgan fingerprint density at radius 3 is 2.00 bits per heavy atom. The van der Waals surface area contributed by atoms with Crippen molar-refractivity contribution in [2.75, 3.05) is 11.9 Å². The number of ketones is 1. The van der Waals surface area contributed by atoms with Gasteiger partial charge in [-0.25, -0.2) is 9.78 Å². The lowest BCUT2D eigenvalue weighted by Crippen LogP contribution is -2.11. The van der Waals surface area contributed by atoms with Crippen LogP contribution < -0.4 is 4.90 Å². The van der Waals surface area contributed by atoms with E-state index in [9.17, 15) is 9.59 Å². The van der Waals surface area contributed by atoms with Crippen molar-refractivity contribution in [2.24, 2.45) is 0 Å². The van der Waals surface area contributed by atoms with Crippen LogP contribution in [0.2, 0.25) is 10.0 Å². The van der Waals surface area contributed by atoms with E-state index in [1.165, 1.54) is 12.1 Å². The third-order valence-electron chi connectivity index (χ3n) is 4.01. The number of nitrogens with zero attached hydrogens (tertiary/aromatic N) is 2. The molecule has 0 unspecified atom stereocenters. The zero-order chi connectivity index (χ0) is 19.6. The van der Waals surface area contributed by atoms with Crippen molar-refractivity contribution in [3.05, 3.63) is 87.7 Å². The maximum absolute atomic E-state index is 12.6. The first-order valence-corrected chi connectivity index (χ1v) is 8.66. The van der Waals surface area contributed by atoms with Gasteiger partial charge in [-0.2, -0.15) is 0 Å². The van der Waals surface area contributed by atoms with Gasteiger partial charge < -0.3 is 10.0 Å². The van der Waals surface area contributed by atoms with E-state index in [0.717, 1.165) is 11.4 Å². The molecule has 0 saturated heterocycles. The largest absolute Gasteiger partial charge is 0.476 e. The number of carboxylic acids is 1. The molecule has 136 valence electrons. The number of hydrogen-bond donors (Lipinski definition) is 1. The Bertz CT molecular complexity index is 1000. The molecule has 0 atom stereocenters. The maximum Gasteiger partial charge on any atom is 0.356 e. The second kappa shape index (κ2) is 7.78. The summed E-state index contributed by atoms with van der Waals surface area (Å²) in [6, 6.07) is 17.1. The van der Waals surface area contributed by atoms with Crippen molar-refractivity contribution < 1.29 is 14.7 Å². The fourth-order valence-electron chi connectivity index (χ4n) is 2.52. The molecule has 0 fully saturated rings. The minimum absolute atomic E-state index is 0.0148. The zero-order valence-electron chi connectivity index (χ0n) is 14.2. The smallest absolute Gasteiger partial charge is 0.356 e. The lowest BCUT2D eigenvalue weighted by molar-refractivity contribution is 0.0690. The highest BCUT2D eigenvalue weighted by Gasteiger charge is 2.17. The SMILES string of the molecule is CN(c1ccc(Cl)cc1)c1ccc(C(=O)c2ccc(Cl)c(C(=O)O)n2)cc1. The molecule has 0 spiro atoms. The summed E-state index contributed by atoms with van der Waals surface area (Å²) in [5, 5.41) is 9.74. The first kappa shape index (κ1) is 18.9. The monoisotopic (exact) mass is 400 g/mol. The van der Waals surface area contributed by atoms with E-state index < -0.39 is 5.97 Å².